The van der Waals surface area contributed by atoms with Crippen molar-refractivity contribution in [3.05, 3.63) is 29.8 Å². The molecule has 0 aliphatic heterocycles. The number of nitrogens with one attached hydrogen (secondary N) is 1. The highest BCUT2D eigenvalue weighted by molar-refractivity contribution is 7.89. The molecule has 8 heteroatoms. The molecule has 1 aromatic rings. The van der Waals surface area contributed by atoms with Crippen molar-refractivity contribution in [2.75, 3.05) is 7.05 Å². The number of amides is 1. The Labute approximate surface area is 148 Å². The van der Waals surface area contributed by atoms with Gasteiger partial charge in [-0.15, -0.1) is 0 Å². The van der Waals surface area contributed by atoms with Crippen LogP contribution in [0.25, 0.3) is 0 Å². The maximum absolute atomic E-state index is 12.5. The van der Waals surface area contributed by atoms with Crippen molar-refractivity contribution in [3.8, 4) is 0 Å². The third kappa shape index (κ3) is 4.38. The van der Waals surface area contributed by atoms with Gasteiger partial charge in [0.25, 0.3) is 5.91 Å². The van der Waals surface area contributed by atoms with Crippen LogP contribution in [0.15, 0.2) is 29.2 Å². The number of rotatable bonds is 6. The highest BCUT2D eigenvalue weighted by atomic mass is 32.2. The van der Waals surface area contributed by atoms with Crippen molar-refractivity contribution >= 4 is 21.9 Å². The van der Waals surface area contributed by atoms with E-state index in [9.17, 15) is 18.0 Å². The second kappa shape index (κ2) is 7.53. The minimum Gasteiger partial charge on any atom is -0.481 e. The predicted molar refractivity (Wildman–Crippen MR) is 92.8 cm³/mol. The Hall–Kier alpha value is -1.93. The van der Waals surface area contributed by atoms with Gasteiger partial charge in [-0.25, -0.2) is 8.42 Å². The molecular weight excluding hydrogens is 344 g/mol. The molecule has 1 saturated carbocycles. The van der Waals surface area contributed by atoms with E-state index in [1.54, 1.807) is 19.9 Å². The Bertz CT molecular complexity index is 760. The third-order valence-electron chi connectivity index (χ3n) is 4.62. The van der Waals surface area contributed by atoms with Crippen molar-refractivity contribution in [2.45, 2.75) is 50.1 Å². The highest BCUT2D eigenvalue weighted by Crippen LogP contribution is 2.26. The van der Waals surface area contributed by atoms with Crippen LogP contribution in [0.1, 0.15) is 43.5 Å². The Morgan fingerprint density at radius 2 is 1.96 bits per heavy atom. The molecule has 1 aromatic carbocycles. The Balaban J connectivity index is 2.13. The average Bonchev–Trinajstić information content (AvgIpc) is 3.02. The fourth-order valence-electron chi connectivity index (χ4n) is 2.85. The van der Waals surface area contributed by atoms with Gasteiger partial charge in [0.2, 0.25) is 10.0 Å². The van der Waals surface area contributed by atoms with Crippen molar-refractivity contribution < 1.29 is 23.1 Å². The van der Waals surface area contributed by atoms with Crippen LogP contribution in [0.2, 0.25) is 0 Å². The van der Waals surface area contributed by atoms with Gasteiger partial charge in [0, 0.05) is 24.7 Å². The van der Waals surface area contributed by atoms with Gasteiger partial charge in [0.15, 0.2) is 0 Å². The van der Waals surface area contributed by atoms with Crippen LogP contribution in [0.5, 0.6) is 0 Å². The van der Waals surface area contributed by atoms with Crippen molar-refractivity contribution in [2.24, 2.45) is 5.92 Å². The van der Waals surface area contributed by atoms with E-state index in [0.29, 0.717) is 19.3 Å². The first-order valence-corrected chi connectivity index (χ1v) is 9.68. The van der Waals surface area contributed by atoms with Crippen LogP contribution in [0.3, 0.4) is 0 Å². The summed E-state index contributed by atoms with van der Waals surface area (Å²) in [5, 5.41) is 11.8. The van der Waals surface area contributed by atoms with Gasteiger partial charge < -0.3 is 10.4 Å². The van der Waals surface area contributed by atoms with Crippen LogP contribution in [-0.4, -0.2) is 48.8 Å². The zero-order chi connectivity index (χ0) is 18.8. The molecule has 7 nitrogen and oxygen atoms in total. The van der Waals surface area contributed by atoms with Crippen LogP contribution >= 0.6 is 0 Å². The molecule has 25 heavy (non-hydrogen) atoms. The topological polar surface area (TPSA) is 104 Å². The summed E-state index contributed by atoms with van der Waals surface area (Å²) in [5.41, 5.74) is 0.247. The fourth-order valence-corrected chi connectivity index (χ4v) is 4.26. The van der Waals surface area contributed by atoms with Crippen LogP contribution in [-0.2, 0) is 14.8 Å². The van der Waals surface area contributed by atoms with Gasteiger partial charge in [0.05, 0.1) is 10.8 Å². The second-order valence-electron chi connectivity index (χ2n) is 6.66. The summed E-state index contributed by atoms with van der Waals surface area (Å²) in [5.74, 6) is -1.67. The number of carboxylic acids is 1. The minimum atomic E-state index is -3.67. The number of hydrogen-bond acceptors (Lipinski definition) is 4. The molecule has 0 bridgehead atoms. The maximum atomic E-state index is 12.5. The lowest BCUT2D eigenvalue weighted by molar-refractivity contribution is -0.141. The molecule has 138 valence electrons. The van der Waals surface area contributed by atoms with Crippen LogP contribution in [0, 0.1) is 5.92 Å². The number of carbonyl (C=O) groups is 2. The average molecular weight is 368 g/mol. The molecule has 0 radical (unpaired) electrons. The van der Waals surface area contributed by atoms with E-state index in [2.05, 4.69) is 5.32 Å². The standard InChI is InChI=1S/C17H24N2O5S/c1-11(2)19(3)25(23,24)15-6-4-5-12(10-15)16(20)18-14-8-7-13(9-14)17(21)22/h4-6,10-11,13-14H,7-9H2,1-3H3,(H,18,20)(H,21,22)/t13-,14+/m1/s1. The second-order valence-corrected chi connectivity index (χ2v) is 8.66. The zero-order valence-corrected chi connectivity index (χ0v) is 15.4. The fraction of sp³-hybridized carbons (Fsp3) is 0.529. The monoisotopic (exact) mass is 368 g/mol. The van der Waals surface area contributed by atoms with Crippen LogP contribution < -0.4 is 5.32 Å². The summed E-state index contributed by atoms with van der Waals surface area (Å²) in [7, 11) is -2.17. The van der Waals surface area contributed by atoms with E-state index in [0.717, 1.165) is 0 Å². The Kier molecular flexibility index (Phi) is 5.84. The first kappa shape index (κ1) is 19.4. The first-order chi connectivity index (χ1) is 11.6. The lowest BCUT2D eigenvalue weighted by atomic mass is 10.1. The number of sulfonamides is 1. The predicted octanol–water partition coefficient (Wildman–Crippen LogP) is 1.70. The molecule has 1 aliphatic rings. The van der Waals surface area contributed by atoms with Crippen molar-refractivity contribution in [3.63, 3.8) is 0 Å². The first-order valence-electron chi connectivity index (χ1n) is 8.24. The minimum absolute atomic E-state index is 0.0613. The number of hydrogen-bond donors (Lipinski definition) is 2. The molecule has 2 N–H and O–H groups in total. The zero-order valence-electron chi connectivity index (χ0n) is 14.6. The quantitative estimate of drug-likeness (QED) is 0.795. The van der Waals surface area contributed by atoms with E-state index in [-0.39, 0.29) is 28.4 Å². The summed E-state index contributed by atoms with van der Waals surface area (Å²) in [6, 6.07) is 5.49. The summed E-state index contributed by atoms with van der Waals surface area (Å²) in [6.45, 7) is 3.54. The molecule has 1 fully saturated rings. The van der Waals surface area contributed by atoms with E-state index < -0.39 is 21.9 Å². The van der Waals surface area contributed by atoms with Crippen molar-refractivity contribution in [1.29, 1.82) is 0 Å². The molecule has 2 rings (SSSR count). The van der Waals surface area contributed by atoms with E-state index in [1.807, 2.05) is 0 Å². The molecule has 1 amide bonds. The summed E-state index contributed by atoms with van der Waals surface area (Å²) < 4.78 is 26.3. The Morgan fingerprint density at radius 3 is 2.52 bits per heavy atom. The third-order valence-corrected chi connectivity index (χ3v) is 6.65. The van der Waals surface area contributed by atoms with Crippen molar-refractivity contribution in [1.82, 2.24) is 9.62 Å². The number of carboxylic acid groups (broad SMARTS) is 1. The molecule has 2 atom stereocenters. The van der Waals surface area contributed by atoms with Gasteiger partial charge in [0.1, 0.15) is 0 Å². The number of aliphatic carboxylic acids is 1. The normalized spacial score (nSPS) is 20.8. The summed E-state index contributed by atoms with van der Waals surface area (Å²) in [4.78, 5) is 23.4. The van der Waals surface area contributed by atoms with Gasteiger partial charge in [-0.2, -0.15) is 4.31 Å². The molecular formula is C17H24N2O5S. The number of carbonyl (C=O) groups excluding carboxylic acids is 1. The summed E-state index contributed by atoms with van der Waals surface area (Å²) in [6.07, 6.45) is 1.54. The summed E-state index contributed by atoms with van der Waals surface area (Å²) >= 11 is 0. The molecule has 0 spiro atoms. The largest absolute Gasteiger partial charge is 0.481 e. The molecule has 0 heterocycles. The van der Waals surface area contributed by atoms with Gasteiger partial charge in [-0.05, 0) is 51.3 Å². The van der Waals surface area contributed by atoms with E-state index in [1.165, 1.54) is 29.6 Å². The molecule has 0 unspecified atom stereocenters. The SMILES string of the molecule is CC(C)N(C)S(=O)(=O)c1cccc(C(=O)N[C@H]2CC[C@@H](C(=O)O)C2)c1. The van der Waals surface area contributed by atoms with Crippen LogP contribution in [0.4, 0.5) is 0 Å². The lowest BCUT2D eigenvalue weighted by Crippen LogP contribution is -2.34. The smallest absolute Gasteiger partial charge is 0.306 e. The maximum Gasteiger partial charge on any atom is 0.306 e. The van der Waals surface area contributed by atoms with Gasteiger partial charge >= 0.3 is 5.97 Å². The van der Waals surface area contributed by atoms with E-state index >= 15 is 0 Å². The lowest BCUT2D eigenvalue weighted by Gasteiger charge is -2.21. The molecule has 0 saturated heterocycles. The Morgan fingerprint density at radius 1 is 1.28 bits per heavy atom. The van der Waals surface area contributed by atoms with Gasteiger partial charge in [-0.1, -0.05) is 6.07 Å². The van der Waals surface area contributed by atoms with E-state index in [4.69, 9.17) is 5.11 Å². The number of benzene rings is 1. The van der Waals surface area contributed by atoms with Gasteiger partial charge in [-0.3, -0.25) is 9.59 Å². The highest BCUT2D eigenvalue weighted by Gasteiger charge is 2.31. The molecule has 0 aromatic heterocycles. The number of nitrogens with zero attached hydrogens (tertiary/aromatic N) is 1. The molecule has 1 aliphatic carbocycles.